The second kappa shape index (κ2) is 26.5. The van der Waals surface area contributed by atoms with E-state index in [1.165, 1.54) is 56.1 Å². The van der Waals surface area contributed by atoms with E-state index in [0.29, 0.717) is 0 Å². The van der Waals surface area contributed by atoms with Gasteiger partial charge >= 0.3 is 0 Å². The molecule has 0 aromatic heterocycles. The normalized spacial score (nSPS) is 12.8. The van der Waals surface area contributed by atoms with E-state index in [0.717, 1.165) is 5.92 Å². The quantitative estimate of drug-likeness (QED) is 0.426. The van der Waals surface area contributed by atoms with Crippen molar-refractivity contribution in [2.75, 3.05) is 0 Å². The summed E-state index contributed by atoms with van der Waals surface area (Å²) >= 11 is 0. The molecule has 0 bridgehead atoms. The van der Waals surface area contributed by atoms with Crippen molar-refractivity contribution in [1.29, 1.82) is 0 Å². The number of aryl methyl sites for hydroxylation is 3. The Labute approximate surface area is 197 Å². The van der Waals surface area contributed by atoms with Gasteiger partial charge in [0.1, 0.15) is 0 Å². The second-order valence-electron chi connectivity index (χ2n) is 7.48. The van der Waals surface area contributed by atoms with E-state index in [2.05, 4.69) is 65.0 Å². The molecule has 0 radical (unpaired) electrons. The highest BCUT2D eigenvalue weighted by Gasteiger charge is 2.14. The Bertz CT molecular complexity index is 564. The maximum atomic E-state index is 2.35. The maximum absolute atomic E-state index is 2.35. The molecule has 0 spiro atoms. The fourth-order valence-corrected chi connectivity index (χ4v) is 3.10. The molecule has 1 atom stereocenters. The lowest BCUT2D eigenvalue weighted by Gasteiger charge is -2.21. The largest absolute Gasteiger partial charge is 0.0683 e. The Kier molecular flexibility index (Phi) is 29.1. The van der Waals surface area contributed by atoms with Crippen molar-refractivity contribution in [1.82, 2.24) is 0 Å². The Balaban J connectivity index is -0.000000358. The van der Waals surface area contributed by atoms with Crippen LogP contribution in [-0.4, -0.2) is 0 Å². The van der Waals surface area contributed by atoms with E-state index in [4.69, 9.17) is 0 Å². The van der Waals surface area contributed by atoms with E-state index >= 15 is 0 Å². The molecule has 0 aliphatic heterocycles. The molecule has 31 heavy (non-hydrogen) atoms. The molecule has 1 aliphatic carbocycles. The van der Waals surface area contributed by atoms with Crippen LogP contribution in [0.25, 0.3) is 0 Å². The van der Waals surface area contributed by atoms with E-state index < -0.39 is 0 Å². The third-order valence-corrected chi connectivity index (χ3v) is 4.73. The van der Waals surface area contributed by atoms with Gasteiger partial charge in [0, 0.05) is 0 Å². The summed E-state index contributed by atoms with van der Waals surface area (Å²) in [6.07, 6.45) is 9.49. The molecule has 0 amide bonds. The summed E-state index contributed by atoms with van der Waals surface area (Å²) in [4.78, 5) is 0. The minimum atomic E-state index is 0.889. The number of fused-ring (bicyclic) bond motifs is 1. The number of benzene rings is 2. The van der Waals surface area contributed by atoms with E-state index in [9.17, 15) is 0 Å². The predicted octanol–water partition coefficient (Wildman–Crippen LogP) is 10.8. The van der Waals surface area contributed by atoms with Crippen LogP contribution in [0.4, 0.5) is 0 Å². The SMILES string of the molecule is CC.CC.CC.CCCCCC.Cc1ccc2c(c1)CCC(C)C2.Cc1ccccc1. The Hall–Kier alpha value is -1.56. The van der Waals surface area contributed by atoms with Crippen LogP contribution >= 0.6 is 0 Å². The Morgan fingerprint density at radius 2 is 1.19 bits per heavy atom. The molecule has 0 nitrogen and oxygen atoms in total. The average Bonchev–Trinajstić information content (AvgIpc) is 2.83. The zero-order chi connectivity index (χ0) is 24.5. The number of rotatable bonds is 3. The van der Waals surface area contributed by atoms with Gasteiger partial charge in [-0.3, -0.25) is 0 Å². The fraction of sp³-hybridized carbons (Fsp3) is 0.613. The van der Waals surface area contributed by atoms with Crippen LogP contribution in [-0.2, 0) is 12.8 Å². The van der Waals surface area contributed by atoms with Gasteiger partial charge in [-0.1, -0.05) is 148 Å². The van der Waals surface area contributed by atoms with Crippen molar-refractivity contribution in [2.24, 2.45) is 5.92 Å². The first-order valence-corrected chi connectivity index (χ1v) is 13.2. The lowest BCUT2D eigenvalue weighted by atomic mass is 9.84. The first-order chi connectivity index (χ1) is 15.1. The summed E-state index contributed by atoms with van der Waals surface area (Å²) < 4.78 is 0. The van der Waals surface area contributed by atoms with Crippen LogP contribution in [0, 0.1) is 19.8 Å². The third-order valence-electron chi connectivity index (χ3n) is 4.73. The molecule has 3 rings (SSSR count). The van der Waals surface area contributed by atoms with Crippen LogP contribution in [0.2, 0.25) is 0 Å². The van der Waals surface area contributed by atoms with Crippen molar-refractivity contribution in [2.45, 2.75) is 121 Å². The van der Waals surface area contributed by atoms with Crippen LogP contribution in [0.5, 0.6) is 0 Å². The standard InChI is InChI=1S/C12H16.C7H8.C6H14.3C2H6/c1-9-3-5-12-8-10(2)4-6-11(12)7-9;1-7-5-3-2-4-6-7;1-3-5-6-4-2;3*1-2/h3,5,7,10H,4,6,8H2,1-2H3;2-6H,1H3;3-6H2,1-2H3;3*1-2H3. The van der Waals surface area contributed by atoms with Gasteiger partial charge in [-0.05, 0) is 50.2 Å². The molecule has 0 heteroatoms. The Morgan fingerprint density at radius 1 is 0.677 bits per heavy atom. The fourth-order valence-electron chi connectivity index (χ4n) is 3.10. The first-order valence-electron chi connectivity index (χ1n) is 13.2. The van der Waals surface area contributed by atoms with Crippen molar-refractivity contribution >= 4 is 0 Å². The van der Waals surface area contributed by atoms with Crippen molar-refractivity contribution in [3.63, 3.8) is 0 Å². The van der Waals surface area contributed by atoms with Crippen LogP contribution in [0.3, 0.4) is 0 Å². The van der Waals surface area contributed by atoms with Crippen LogP contribution in [0.15, 0.2) is 48.5 Å². The summed E-state index contributed by atoms with van der Waals surface area (Å²) in [7, 11) is 0. The van der Waals surface area contributed by atoms with Crippen molar-refractivity contribution in [3.8, 4) is 0 Å². The molecular formula is C31H56. The van der Waals surface area contributed by atoms with Gasteiger partial charge in [0.25, 0.3) is 0 Å². The summed E-state index contributed by atoms with van der Waals surface area (Å²) in [5, 5.41) is 0. The third kappa shape index (κ3) is 20.1. The van der Waals surface area contributed by atoms with Gasteiger partial charge in [-0.15, -0.1) is 0 Å². The molecule has 0 heterocycles. The van der Waals surface area contributed by atoms with Gasteiger partial charge in [0.2, 0.25) is 0 Å². The smallest absolute Gasteiger partial charge is 0.0250 e. The van der Waals surface area contributed by atoms with Gasteiger partial charge in [0.15, 0.2) is 0 Å². The Morgan fingerprint density at radius 3 is 1.61 bits per heavy atom. The molecule has 2 aromatic rings. The zero-order valence-corrected chi connectivity index (χ0v) is 23.1. The lowest BCUT2D eigenvalue weighted by molar-refractivity contribution is 0.501. The second-order valence-corrected chi connectivity index (χ2v) is 7.48. The first kappa shape index (κ1) is 34.1. The molecule has 0 saturated carbocycles. The van der Waals surface area contributed by atoms with Crippen LogP contribution < -0.4 is 0 Å². The minimum Gasteiger partial charge on any atom is -0.0683 e. The maximum Gasteiger partial charge on any atom is -0.0250 e. The number of hydrogen-bond donors (Lipinski definition) is 0. The lowest BCUT2D eigenvalue weighted by Crippen LogP contribution is -2.10. The molecule has 1 aliphatic rings. The van der Waals surface area contributed by atoms with Crippen molar-refractivity contribution in [3.05, 3.63) is 70.8 Å². The number of unbranched alkanes of at least 4 members (excludes halogenated alkanes) is 3. The van der Waals surface area contributed by atoms with E-state index in [-0.39, 0.29) is 0 Å². The summed E-state index contributed by atoms with van der Waals surface area (Å²) in [6, 6.07) is 17.1. The summed E-state index contributed by atoms with van der Waals surface area (Å²) in [5.74, 6) is 0.889. The molecule has 0 saturated heterocycles. The zero-order valence-electron chi connectivity index (χ0n) is 23.1. The topological polar surface area (TPSA) is 0 Å². The summed E-state index contributed by atoms with van der Waals surface area (Å²) in [6.45, 7) is 23.1. The van der Waals surface area contributed by atoms with Gasteiger partial charge in [0.05, 0.1) is 0 Å². The van der Waals surface area contributed by atoms with E-state index in [1.54, 1.807) is 11.1 Å². The average molecular weight is 429 g/mol. The van der Waals surface area contributed by atoms with Gasteiger partial charge in [-0.25, -0.2) is 0 Å². The monoisotopic (exact) mass is 428 g/mol. The highest BCUT2D eigenvalue weighted by atomic mass is 14.2. The van der Waals surface area contributed by atoms with Crippen molar-refractivity contribution < 1.29 is 0 Å². The molecule has 0 N–H and O–H groups in total. The molecular weight excluding hydrogens is 372 g/mol. The van der Waals surface area contributed by atoms with Gasteiger partial charge in [-0.2, -0.15) is 0 Å². The number of hydrogen-bond acceptors (Lipinski definition) is 0. The molecule has 180 valence electrons. The van der Waals surface area contributed by atoms with Crippen LogP contribution in [0.1, 0.15) is 117 Å². The minimum absolute atomic E-state index is 0.889. The van der Waals surface area contributed by atoms with Gasteiger partial charge < -0.3 is 0 Å². The predicted molar refractivity (Wildman–Crippen MR) is 147 cm³/mol. The summed E-state index contributed by atoms with van der Waals surface area (Å²) in [5.41, 5.74) is 5.90. The highest BCUT2D eigenvalue weighted by Crippen LogP contribution is 2.25. The van der Waals surface area contributed by atoms with E-state index in [1.807, 2.05) is 59.7 Å². The molecule has 0 fully saturated rings. The molecule has 2 aromatic carbocycles. The highest BCUT2D eigenvalue weighted by molar-refractivity contribution is 5.33. The molecule has 1 unspecified atom stereocenters.